The average Bonchev–Trinajstić information content (AvgIpc) is 3.76. The first-order chi connectivity index (χ1) is 26.9. The monoisotopic (exact) mass is 782 g/mol. The van der Waals surface area contributed by atoms with E-state index in [1.54, 1.807) is 26.0 Å². The van der Waals surface area contributed by atoms with Crippen molar-refractivity contribution in [1.29, 1.82) is 0 Å². The largest absolute Gasteiger partial charge is 0.504 e. The van der Waals surface area contributed by atoms with E-state index in [4.69, 9.17) is 28.4 Å². The van der Waals surface area contributed by atoms with Crippen LogP contribution in [-0.2, 0) is 32.7 Å². The first-order valence-corrected chi connectivity index (χ1v) is 20.2. The van der Waals surface area contributed by atoms with E-state index in [2.05, 4.69) is 40.1 Å². The van der Waals surface area contributed by atoms with Crippen molar-refractivity contribution in [3.63, 3.8) is 0 Å². The van der Waals surface area contributed by atoms with Crippen molar-refractivity contribution in [3.8, 4) is 34.5 Å². The number of rotatable bonds is 3. The maximum atomic E-state index is 15.0. The summed E-state index contributed by atoms with van der Waals surface area (Å²) in [5.41, 5.74) is 6.10. The summed E-state index contributed by atoms with van der Waals surface area (Å²) in [5, 5.41) is 16.4. The molecule has 2 saturated heterocycles. The minimum atomic E-state index is -1.22. The lowest BCUT2D eigenvalue weighted by Gasteiger charge is -2.61. The summed E-state index contributed by atoms with van der Waals surface area (Å²) in [5.74, 6) is 2.38. The minimum absolute atomic E-state index is 0.00159. The highest BCUT2D eigenvalue weighted by Crippen LogP contribution is 2.65. The van der Waals surface area contributed by atoms with Crippen molar-refractivity contribution < 1.29 is 43.1 Å². The van der Waals surface area contributed by atoms with Crippen LogP contribution in [-0.4, -0.2) is 96.9 Å². The molecule has 1 spiro atoms. The van der Waals surface area contributed by atoms with Gasteiger partial charge in [-0.15, -0.1) is 11.8 Å². The van der Waals surface area contributed by atoms with Gasteiger partial charge in [0.05, 0.1) is 37.2 Å². The number of phenolic OH excluding ortho intramolecular Hbond substituents is 1. The SMILES string of the molecule is COc1ccc2[nH]c3c(c2c1)CCN[C@]31CS[C@@H]2c3c(OC(C)=O)c(C)c4c(c3[C@H](COC1=O)N1[C@@H]2[C@@H]2c3c(cc(C)c(OC)c3O)CC1(C)CN2C)OCO4. The van der Waals surface area contributed by atoms with E-state index in [1.165, 1.54) is 6.92 Å². The van der Waals surface area contributed by atoms with E-state index < -0.39 is 28.3 Å². The molecule has 0 amide bonds. The van der Waals surface area contributed by atoms with Gasteiger partial charge in [0.2, 0.25) is 6.79 Å². The van der Waals surface area contributed by atoms with Gasteiger partial charge < -0.3 is 38.5 Å². The number of hydrogen-bond donors (Lipinski definition) is 3. The van der Waals surface area contributed by atoms with Gasteiger partial charge in [0.25, 0.3) is 0 Å². The van der Waals surface area contributed by atoms with Crippen molar-refractivity contribution in [1.82, 2.24) is 20.1 Å². The van der Waals surface area contributed by atoms with Gasteiger partial charge in [0.15, 0.2) is 28.5 Å². The molecule has 2 fully saturated rings. The van der Waals surface area contributed by atoms with E-state index in [9.17, 15) is 14.7 Å². The molecule has 294 valence electrons. The lowest BCUT2D eigenvalue weighted by molar-refractivity contribution is -0.159. The van der Waals surface area contributed by atoms with Crippen LogP contribution in [0.2, 0.25) is 0 Å². The van der Waals surface area contributed by atoms with Crippen molar-refractivity contribution in [2.75, 3.05) is 53.5 Å². The Bertz CT molecular complexity index is 2380. The number of aryl methyl sites for hydroxylation is 1. The Morgan fingerprint density at radius 1 is 1.05 bits per heavy atom. The summed E-state index contributed by atoms with van der Waals surface area (Å²) in [4.78, 5) is 36.5. The molecular formula is C42H46N4O9S. The van der Waals surface area contributed by atoms with Crippen LogP contribution >= 0.6 is 11.8 Å². The van der Waals surface area contributed by atoms with Crippen LogP contribution in [0.3, 0.4) is 0 Å². The molecular weight excluding hydrogens is 737 g/mol. The zero-order valence-corrected chi connectivity index (χ0v) is 33.4. The van der Waals surface area contributed by atoms with Gasteiger partial charge in [0, 0.05) is 70.5 Å². The van der Waals surface area contributed by atoms with Crippen LogP contribution in [0.15, 0.2) is 24.3 Å². The molecule has 56 heavy (non-hydrogen) atoms. The highest BCUT2D eigenvalue weighted by atomic mass is 32.2. The standard InChI is InChI=1S/C42H46N4O9S/c1-19-12-22-14-41(4)16-45(5)31(28(22)33(48)34(19)51-7)32-38-30-29(37-36(53-18-54-37)20(2)35(30)55-21(3)47)27(46(32)41)15-52-40(49)42(17-56-38)39-24(10-11-43-42)25-13-23(50-6)8-9-26(25)44-39/h8-9,12-13,27,31-32,38,43-44,48H,10-11,14-18H2,1-7H3/t27-,31-,32+,38+,41?,42+/m0/s1. The zero-order valence-electron chi connectivity index (χ0n) is 32.6. The molecule has 4 bridgehead atoms. The molecule has 14 heteroatoms. The lowest BCUT2D eigenvalue weighted by Crippen LogP contribution is -2.69. The minimum Gasteiger partial charge on any atom is -0.504 e. The molecule has 9 heterocycles. The summed E-state index contributed by atoms with van der Waals surface area (Å²) in [6, 6.07) is 6.94. The van der Waals surface area contributed by atoms with Crippen LogP contribution in [0.5, 0.6) is 34.5 Å². The number of aromatic amines is 1. The topological polar surface area (TPSA) is 144 Å². The quantitative estimate of drug-likeness (QED) is 0.184. The van der Waals surface area contributed by atoms with Gasteiger partial charge in [-0.05, 0) is 75.5 Å². The fourth-order valence-electron chi connectivity index (χ4n) is 11.1. The number of benzene rings is 3. The number of nitrogens with zero attached hydrogens (tertiary/aromatic N) is 2. The number of thioether (sulfide) groups is 1. The number of carbonyl (C=O) groups excluding carboxylic acids is 2. The van der Waals surface area contributed by atoms with Crippen LogP contribution in [0.1, 0.15) is 75.8 Å². The Morgan fingerprint density at radius 2 is 1.86 bits per heavy atom. The van der Waals surface area contributed by atoms with Gasteiger partial charge in [-0.1, -0.05) is 6.07 Å². The summed E-state index contributed by atoms with van der Waals surface area (Å²) in [6.45, 7) is 8.80. The van der Waals surface area contributed by atoms with Crippen LogP contribution in [0, 0.1) is 13.8 Å². The number of H-pyrrole nitrogens is 1. The number of phenols is 1. The molecule has 2 unspecified atom stereocenters. The number of hydrogen-bond acceptors (Lipinski definition) is 13. The second-order valence-electron chi connectivity index (χ2n) is 16.3. The molecule has 8 aliphatic rings. The third kappa shape index (κ3) is 4.72. The number of likely N-dealkylation sites (N-methyl/N-ethyl adjacent to an activating group) is 1. The Morgan fingerprint density at radius 3 is 2.62 bits per heavy atom. The predicted octanol–water partition coefficient (Wildman–Crippen LogP) is 5.26. The number of nitrogens with one attached hydrogen (secondary N) is 2. The average molecular weight is 783 g/mol. The second-order valence-corrected chi connectivity index (χ2v) is 17.5. The normalized spacial score (nSPS) is 29.9. The number of ether oxygens (including phenoxy) is 6. The van der Waals surface area contributed by atoms with E-state index in [1.807, 2.05) is 32.0 Å². The number of methoxy groups -OCH3 is 2. The summed E-state index contributed by atoms with van der Waals surface area (Å²) in [7, 11) is 5.36. The Hall–Kier alpha value is -4.63. The Kier molecular flexibility index (Phi) is 7.94. The van der Waals surface area contributed by atoms with E-state index >= 15 is 0 Å². The van der Waals surface area contributed by atoms with Gasteiger partial charge in [0.1, 0.15) is 18.1 Å². The molecule has 0 radical (unpaired) electrons. The lowest BCUT2D eigenvalue weighted by atomic mass is 9.76. The first kappa shape index (κ1) is 35.8. The van der Waals surface area contributed by atoms with Gasteiger partial charge >= 0.3 is 11.9 Å². The van der Waals surface area contributed by atoms with Gasteiger partial charge in [-0.25, -0.2) is 4.79 Å². The molecule has 13 nitrogen and oxygen atoms in total. The number of aromatic hydroxyl groups is 1. The van der Waals surface area contributed by atoms with E-state index in [0.717, 1.165) is 62.1 Å². The molecule has 3 N–H and O–H groups in total. The number of esters is 2. The van der Waals surface area contributed by atoms with Crippen molar-refractivity contribution in [2.24, 2.45) is 0 Å². The number of fused-ring (bicyclic) bond motifs is 8. The van der Waals surface area contributed by atoms with Crippen molar-refractivity contribution in [2.45, 2.75) is 75.0 Å². The zero-order chi connectivity index (χ0) is 39.0. The molecule has 1 aromatic heterocycles. The first-order valence-electron chi connectivity index (χ1n) is 19.2. The Balaban J connectivity index is 1.24. The van der Waals surface area contributed by atoms with Crippen molar-refractivity contribution >= 4 is 34.6 Å². The van der Waals surface area contributed by atoms with Gasteiger partial charge in [-0.2, -0.15) is 0 Å². The third-order valence-corrected chi connectivity index (χ3v) is 14.6. The highest BCUT2D eigenvalue weighted by Gasteiger charge is 2.62. The van der Waals surface area contributed by atoms with Crippen molar-refractivity contribution in [3.05, 3.63) is 68.9 Å². The van der Waals surface area contributed by atoms with Crippen LogP contribution in [0.25, 0.3) is 10.9 Å². The van der Waals surface area contributed by atoms with E-state index in [-0.39, 0.29) is 43.0 Å². The molecule has 8 aliphatic heterocycles. The summed E-state index contributed by atoms with van der Waals surface area (Å²) in [6.07, 6.45) is 1.35. The van der Waals surface area contributed by atoms with Crippen LogP contribution in [0.4, 0.5) is 0 Å². The Labute approximate surface area is 328 Å². The highest BCUT2D eigenvalue weighted by molar-refractivity contribution is 7.99. The number of carbonyl (C=O) groups is 2. The molecule has 7 atom stereocenters. The van der Waals surface area contributed by atoms with Crippen LogP contribution < -0.4 is 29.0 Å². The fourth-order valence-corrected chi connectivity index (χ4v) is 12.8. The summed E-state index contributed by atoms with van der Waals surface area (Å²) >= 11 is 1.64. The maximum absolute atomic E-state index is 15.0. The molecule has 4 aromatic rings. The third-order valence-electron chi connectivity index (χ3n) is 13.1. The summed E-state index contributed by atoms with van der Waals surface area (Å²) < 4.78 is 36.7. The maximum Gasteiger partial charge on any atom is 0.333 e. The fraction of sp³-hybridized carbons (Fsp3) is 0.476. The van der Waals surface area contributed by atoms with E-state index in [0.29, 0.717) is 48.1 Å². The predicted molar refractivity (Wildman–Crippen MR) is 208 cm³/mol. The molecule has 0 aliphatic carbocycles. The molecule has 3 aromatic carbocycles. The van der Waals surface area contributed by atoms with Gasteiger partial charge in [-0.3, -0.25) is 19.9 Å². The smallest absolute Gasteiger partial charge is 0.333 e. The molecule has 0 saturated carbocycles. The second kappa shape index (κ2) is 12.4. The molecule has 12 rings (SSSR count). The number of aromatic nitrogens is 1. The number of piperazine rings is 1.